The number of carbonyl (C=O) groups excluding carboxylic acids is 1. The maximum Gasteiger partial charge on any atom is 0.179 e. The quantitative estimate of drug-likeness (QED) is 0.534. The summed E-state index contributed by atoms with van der Waals surface area (Å²) in [7, 11) is 1.80. The Morgan fingerprint density at radius 1 is 1.69 bits per heavy atom. The lowest BCUT2D eigenvalue weighted by molar-refractivity contribution is 0.0991. The molecule has 1 aromatic rings. The number of aromatic nitrogens is 2. The molecule has 0 aliphatic heterocycles. The second kappa shape index (κ2) is 4.77. The SMILES string of the molecule is CCCNCC(=O)c1cnn(C)c1. The van der Waals surface area contributed by atoms with Gasteiger partial charge in [0.25, 0.3) is 0 Å². The number of carbonyl (C=O) groups is 1. The Morgan fingerprint density at radius 3 is 3.00 bits per heavy atom. The lowest BCUT2D eigenvalue weighted by Crippen LogP contribution is -2.23. The van der Waals surface area contributed by atoms with Gasteiger partial charge in [-0.25, -0.2) is 0 Å². The van der Waals surface area contributed by atoms with E-state index >= 15 is 0 Å². The number of aryl methyl sites for hydroxylation is 1. The lowest BCUT2D eigenvalue weighted by Gasteiger charge is -1.99. The number of rotatable bonds is 5. The van der Waals surface area contributed by atoms with Gasteiger partial charge in [0.05, 0.1) is 18.3 Å². The number of hydrogen-bond donors (Lipinski definition) is 1. The molecule has 4 heteroatoms. The maximum atomic E-state index is 11.4. The molecule has 0 aliphatic rings. The molecule has 0 saturated heterocycles. The average Bonchev–Trinajstić information content (AvgIpc) is 2.52. The summed E-state index contributed by atoms with van der Waals surface area (Å²) >= 11 is 0. The third kappa shape index (κ3) is 2.99. The largest absolute Gasteiger partial charge is 0.310 e. The van der Waals surface area contributed by atoms with Crippen molar-refractivity contribution in [3.63, 3.8) is 0 Å². The summed E-state index contributed by atoms with van der Waals surface area (Å²) in [5, 5.41) is 6.99. The standard InChI is InChI=1S/C9H15N3O/c1-3-4-10-6-9(13)8-5-11-12(2)7-8/h5,7,10H,3-4,6H2,1-2H3. The molecule has 13 heavy (non-hydrogen) atoms. The Morgan fingerprint density at radius 2 is 2.46 bits per heavy atom. The zero-order valence-corrected chi connectivity index (χ0v) is 8.08. The van der Waals surface area contributed by atoms with Crippen LogP contribution in [-0.4, -0.2) is 28.7 Å². The molecular formula is C9H15N3O. The molecule has 72 valence electrons. The predicted molar refractivity (Wildman–Crippen MR) is 50.7 cm³/mol. The third-order valence-corrected chi connectivity index (χ3v) is 1.74. The van der Waals surface area contributed by atoms with Crippen LogP contribution in [0.1, 0.15) is 23.7 Å². The van der Waals surface area contributed by atoms with Gasteiger partial charge < -0.3 is 5.32 Å². The summed E-state index contributed by atoms with van der Waals surface area (Å²) < 4.78 is 1.63. The molecular weight excluding hydrogens is 166 g/mol. The Balaban J connectivity index is 2.40. The van der Waals surface area contributed by atoms with Crippen molar-refractivity contribution in [3.8, 4) is 0 Å². The normalized spacial score (nSPS) is 10.3. The van der Waals surface area contributed by atoms with Crippen molar-refractivity contribution in [3.05, 3.63) is 18.0 Å². The molecule has 0 spiro atoms. The van der Waals surface area contributed by atoms with E-state index < -0.39 is 0 Å². The molecule has 0 amide bonds. The summed E-state index contributed by atoms with van der Waals surface area (Å²) in [5.41, 5.74) is 0.672. The maximum absolute atomic E-state index is 11.4. The zero-order chi connectivity index (χ0) is 9.68. The minimum Gasteiger partial charge on any atom is -0.310 e. The molecule has 0 atom stereocenters. The van der Waals surface area contributed by atoms with Gasteiger partial charge in [-0.15, -0.1) is 0 Å². The molecule has 1 N–H and O–H groups in total. The topological polar surface area (TPSA) is 46.9 Å². The minimum atomic E-state index is 0.0987. The third-order valence-electron chi connectivity index (χ3n) is 1.74. The van der Waals surface area contributed by atoms with Crippen LogP contribution < -0.4 is 5.32 Å². The number of hydrogen-bond acceptors (Lipinski definition) is 3. The van der Waals surface area contributed by atoms with Crippen molar-refractivity contribution in [2.45, 2.75) is 13.3 Å². The molecule has 0 radical (unpaired) electrons. The van der Waals surface area contributed by atoms with Crippen LogP contribution in [0.4, 0.5) is 0 Å². The van der Waals surface area contributed by atoms with Crippen LogP contribution in [0.5, 0.6) is 0 Å². The first-order valence-corrected chi connectivity index (χ1v) is 4.46. The van der Waals surface area contributed by atoms with Gasteiger partial charge in [0.1, 0.15) is 0 Å². The highest BCUT2D eigenvalue weighted by Gasteiger charge is 2.06. The zero-order valence-electron chi connectivity index (χ0n) is 8.08. The van der Waals surface area contributed by atoms with E-state index in [1.807, 2.05) is 0 Å². The molecule has 4 nitrogen and oxygen atoms in total. The molecule has 1 aromatic heterocycles. The van der Waals surface area contributed by atoms with Gasteiger partial charge >= 0.3 is 0 Å². The molecule has 0 saturated carbocycles. The van der Waals surface area contributed by atoms with E-state index in [1.54, 1.807) is 24.1 Å². The van der Waals surface area contributed by atoms with Gasteiger partial charge in [-0.1, -0.05) is 6.92 Å². The number of ketones is 1. The van der Waals surface area contributed by atoms with Crippen LogP contribution in [-0.2, 0) is 7.05 Å². The van der Waals surface area contributed by atoms with E-state index in [2.05, 4.69) is 17.3 Å². The fourth-order valence-electron chi connectivity index (χ4n) is 1.05. The highest BCUT2D eigenvalue weighted by Crippen LogP contribution is 1.96. The molecule has 0 aliphatic carbocycles. The summed E-state index contributed by atoms with van der Waals surface area (Å²) in [6, 6.07) is 0. The van der Waals surface area contributed by atoms with Crippen molar-refractivity contribution in [1.82, 2.24) is 15.1 Å². The van der Waals surface area contributed by atoms with Gasteiger partial charge in [0.2, 0.25) is 0 Å². The van der Waals surface area contributed by atoms with Crippen LogP contribution in [0.25, 0.3) is 0 Å². The summed E-state index contributed by atoms with van der Waals surface area (Å²) in [6.07, 6.45) is 4.37. The fraction of sp³-hybridized carbons (Fsp3) is 0.556. The first-order chi connectivity index (χ1) is 6.24. The summed E-state index contributed by atoms with van der Waals surface area (Å²) in [4.78, 5) is 11.4. The van der Waals surface area contributed by atoms with Crippen LogP contribution in [0.3, 0.4) is 0 Å². The second-order valence-electron chi connectivity index (χ2n) is 3.00. The molecule has 1 rings (SSSR count). The van der Waals surface area contributed by atoms with Crippen LogP contribution >= 0.6 is 0 Å². The van der Waals surface area contributed by atoms with Gasteiger partial charge in [0, 0.05) is 13.2 Å². The minimum absolute atomic E-state index is 0.0987. The predicted octanol–water partition coefficient (Wildman–Crippen LogP) is 0.602. The van der Waals surface area contributed by atoms with E-state index in [-0.39, 0.29) is 5.78 Å². The van der Waals surface area contributed by atoms with Gasteiger partial charge in [-0.05, 0) is 13.0 Å². The Hall–Kier alpha value is -1.16. The van der Waals surface area contributed by atoms with Crippen LogP contribution in [0.15, 0.2) is 12.4 Å². The van der Waals surface area contributed by atoms with E-state index in [0.717, 1.165) is 13.0 Å². The summed E-state index contributed by atoms with van der Waals surface area (Å²) in [6.45, 7) is 3.35. The first kappa shape index (κ1) is 9.92. The van der Waals surface area contributed by atoms with E-state index in [0.29, 0.717) is 12.1 Å². The average molecular weight is 181 g/mol. The van der Waals surface area contributed by atoms with Crippen molar-refractivity contribution in [2.75, 3.05) is 13.1 Å². The van der Waals surface area contributed by atoms with Crippen molar-refractivity contribution < 1.29 is 4.79 Å². The smallest absolute Gasteiger partial charge is 0.179 e. The van der Waals surface area contributed by atoms with E-state index in [1.165, 1.54) is 0 Å². The molecule has 0 bridgehead atoms. The van der Waals surface area contributed by atoms with Gasteiger partial charge in [0.15, 0.2) is 5.78 Å². The number of Topliss-reactive ketones (excluding diaryl/α,β-unsaturated/α-hetero) is 1. The molecule has 0 unspecified atom stereocenters. The number of nitrogens with one attached hydrogen (secondary N) is 1. The van der Waals surface area contributed by atoms with E-state index in [4.69, 9.17) is 0 Å². The molecule has 1 heterocycles. The van der Waals surface area contributed by atoms with Gasteiger partial charge in [-0.3, -0.25) is 9.48 Å². The Labute approximate surface area is 77.9 Å². The van der Waals surface area contributed by atoms with Gasteiger partial charge in [-0.2, -0.15) is 5.10 Å². The second-order valence-corrected chi connectivity index (χ2v) is 3.00. The Bertz CT molecular complexity index is 280. The Kier molecular flexibility index (Phi) is 3.64. The van der Waals surface area contributed by atoms with Crippen molar-refractivity contribution in [1.29, 1.82) is 0 Å². The van der Waals surface area contributed by atoms with Crippen LogP contribution in [0.2, 0.25) is 0 Å². The number of nitrogens with zero attached hydrogens (tertiary/aromatic N) is 2. The first-order valence-electron chi connectivity index (χ1n) is 4.46. The van der Waals surface area contributed by atoms with E-state index in [9.17, 15) is 4.79 Å². The highest BCUT2D eigenvalue weighted by molar-refractivity contribution is 5.97. The highest BCUT2D eigenvalue weighted by atomic mass is 16.1. The van der Waals surface area contributed by atoms with Crippen molar-refractivity contribution >= 4 is 5.78 Å². The van der Waals surface area contributed by atoms with Crippen molar-refractivity contribution in [2.24, 2.45) is 7.05 Å². The molecule has 0 aromatic carbocycles. The monoisotopic (exact) mass is 181 g/mol. The summed E-state index contributed by atoms with van der Waals surface area (Å²) in [5.74, 6) is 0.0987. The van der Waals surface area contributed by atoms with Crippen LogP contribution in [0, 0.1) is 0 Å². The fourth-order valence-corrected chi connectivity index (χ4v) is 1.05. The lowest BCUT2D eigenvalue weighted by atomic mass is 10.2. The molecule has 0 fully saturated rings.